The van der Waals surface area contributed by atoms with Crippen molar-refractivity contribution in [1.82, 2.24) is 25.2 Å². The van der Waals surface area contributed by atoms with Gasteiger partial charge in [0.25, 0.3) is 0 Å². The number of amides is 1. The van der Waals surface area contributed by atoms with Crippen LogP contribution in [-0.2, 0) is 11.3 Å². The number of pyridine rings is 1. The SMILES string of the molecule is O=C(Cn1nnc(-c2cccs2)n1)Nc1cccnc1Cl. The van der Waals surface area contributed by atoms with E-state index in [0.29, 0.717) is 11.5 Å². The molecule has 0 fully saturated rings. The minimum absolute atomic E-state index is 0.0520. The van der Waals surface area contributed by atoms with Gasteiger partial charge in [-0.05, 0) is 28.8 Å². The van der Waals surface area contributed by atoms with Crippen molar-refractivity contribution in [2.24, 2.45) is 0 Å². The molecule has 0 unspecified atom stereocenters. The van der Waals surface area contributed by atoms with Crippen molar-refractivity contribution in [3.8, 4) is 10.7 Å². The van der Waals surface area contributed by atoms with Crippen LogP contribution in [0.2, 0.25) is 5.15 Å². The maximum absolute atomic E-state index is 11.9. The van der Waals surface area contributed by atoms with Crippen LogP contribution in [0.5, 0.6) is 0 Å². The van der Waals surface area contributed by atoms with E-state index < -0.39 is 0 Å². The molecule has 0 aliphatic carbocycles. The quantitative estimate of drug-likeness (QED) is 0.744. The van der Waals surface area contributed by atoms with E-state index in [1.807, 2.05) is 17.5 Å². The average Bonchev–Trinajstić information content (AvgIpc) is 3.12. The second-order valence-corrected chi connectivity index (χ2v) is 5.32. The fourth-order valence-electron chi connectivity index (χ4n) is 1.61. The van der Waals surface area contributed by atoms with Crippen molar-refractivity contribution in [3.05, 3.63) is 41.0 Å². The van der Waals surface area contributed by atoms with Gasteiger partial charge in [0.1, 0.15) is 6.54 Å². The average molecular weight is 321 g/mol. The number of rotatable bonds is 4. The Kier molecular flexibility index (Phi) is 3.89. The van der Waals surface area contributed by atoms with Gasteiger partial charge < -0.3 is 5.32 Å². The molecule has 7 nitrogen and oxygen atoms in total. The maximum atomic E-state index is 11.9. The summed E-state index contributed by atoms with van der Waals surface area (Å²) in [5, 5.41) is 16.7. The number of tetrazole rings is 1. The lowest BCUT2D eigenvalue weighted by Crippen LogP contribution is -2.20. The summed E-state index contributed by atoms with van der Waals surface area (Å²) in [5.74, 6) is 0.192. The lowest BCUT2D eigenvalue weighted by molar-refractivity contribution is -0.117. The number of hydrogen-bond acceptors (Lipinski definition) is 6. The molecule has 0 radical (unpaired) electrons. The Morgan fingerprint density at radius 3 is 3.05 bits per heavy atom. The Balaban J connectivity index is 1.67. The maximum Gasteiger partial charge on any atom is 0.248 e. The minimum Gasteiger partial charge on any atom is -0.322 e. The Hall–Kier alpha value is -2.32. The molecule has 1 amide bonds. The molecule has 0 aliphatic rings. The summed E-state index contributed by atoms with van der Waals surface area (Å²) in [6, 6.07) is 7.14. The number of halogens is 1. The first-order chi connectivity index (χ1) is 10.2. The molecule has 0 saturated heterocycles. The molecule has 3 heterocycles. The van der Waals surface area contributed by atoms with E-state index in [1.165, 1.54) is 16.1 Å². The molecule has 0 bridgehead atoms. The topological polar surface area (TPSA) is 85.6 Å². The highest BCUT2D eigenvalue weighted by molar-refractivity contribution is 7.13. The molecule has 0 aromatic carbocycles. The highest BCUT2D eigenvalue weighted by Gasteiger charge is 2.11. The van der Waals surface area contributed by atoms with E-state index in [9.17, 15) is 4.79 Å². The van der Waals surface area contributed by atoms with Crippen LogP contribution in [0, 0.1) is 0 Å². The first kappa shape index (κ1) is 13.7. The standard InChI is InChI=1S/C12H9ClN6OS/c13-11-8(3-1-5-14-11)15-10(20)7-19-17-12(16-18-19)9-4-2-6-21-9/h1-6H,7H2,(H,15,20). The largest absolute Gasteiger partial charge is 0.322 e. The number of thiophene rings is 1. The zero-order chi connectivity index (χ0) is 14.7. The van der Waals surface area contributed by atoms with Crippen LogP contribution in [0.1, 0.15) is 0 Å². The minimum atomic E-state index is -0.306. The second-order valence-electron chi connectivity index (χ2n) is 4.01. The van der Waals surface area contributed by atoms with E-state index in [4.69, 9.17) is 11.6 Å². The van der Waals surface area contributed by atoms with Crippen molar-refractivity contribution in [2.75, 3.05) is 5.32 Å². The number of hydrogen-bond donors (Lipinski definition) is 1. The summed E-state index contributed by atoms with van der Waals surface area (Å²) < 4.78 is 0. The fraction of sp³-hybridized carbons (Fsp3) is 0.0833. The van der Waals surface area contributed by atoms with Gasteiger partial charge >= 0.3 is 0 Å². The van der Waals surface area contributed by atoms with Gasteiger partial charge in [0, 0.05) is 6.20 Å². The Labute approximate surface area is 128 Å². The summed E-state index contributed by atoms with van der Waals surface area (Å²) in [6.45, 7) is -0.0520. The lowest BCUT2D eigenvalue weighted by Gasteiger charge is -2.04. The van der Waals surface area contributed by atoms with Crippen LogP contribution in [0.15, 0.2) is 35.8 Å². The van der Waals surface area contributed by atoms with Crippen LogP contribution in [0.25, 0.3) is 10.7 Å². The van der Waals surface area contributed by atoms with Crippen LogP contribution in [0.4, 0.5) is 5.69 Å². The Bertz CT molecular complexity index is 757. The Morgan fingerprint density at radius 1 is 1.38 bits per heavy atom. The van der Waals surface area contributed by atoms with Crippen molar-refractivity contribution in [3.63, 3.8) is 0 Å². The van der Waals surface area contributed by atoms with Crippen LogP contribution >= 0.6 is 22.9 Å². The summed E-state index contributed by atoms with van der Waals surface area (Å²) in [4.78, 5) is 17.9. The van der Waals surface area contributed by atoms with Gasteiger partial charge in [-0.15, -0.1) is 21.5 Å². The summed E-state index contributed by atoms with van der Waals surface area (Å²) in [6.07, 6.45) is 1.55. The van der Waals surface area contributed by atoms with E-state index in [1.54, 1.807) is 18.3 Å². The third-order valence-corrected chi connectivity index (χ3v) is 3.68. The molecule has 1 N–H and O–H groups in total. The van der Waals surface area contributed by atoms with Gasteiger partial charge in [-0.2, -0.15) is 4.80 Å². The molecule has 0 spiro atoms. The van der Waals surface area contributed by atoms with E-state index in [0.717, 1.165) is 4.88 Å². The van der Waals surface area contributed by atoms with Crippen LogP contribution in [0.3, 0.4) is 0 Å². The van der Waals surface area contributed by atoms with E-state index >= 15 is 0 Å². The molecular weight excluding hydrogens is 312 g/mol. The first-order valence-corrected chi connectivity index (χ1v) is 7.20. The highest BCUT2D eigenvalue weighted by Crippen LogP contribution is 2.19. The van der Waals surface area contributed by atoms with Crippen LogP contribution in [-0.4, -0.2) is 31.1 Å². The third-order valence-electron chi connectivity index (χ3n) is 2.51. The molecule has 3 rings (SSSR count). The monoisotopic (exact) mass is 320 g/mol. The fourth-order valence-corrected chi connectivity index (χ4v) is 2.43. The summed E-state index contributed by atoms with van der Waals surface area (Å²) >= 11 is 7.38. The van der Waals surface area contributed by atoms with Gasteiger partial charge in [0.15, 0.2) is 5.15 Å². The predicted octanol–water partition coefficient (Wildman–Crippen LogP) is 2.09. The highest BCUT2D eigenvalue weighted by atomic mass is 35.5. The molecule has 106 valence electrons. The van der Waals surface area contributed by atoms with Crippen LogP contribution < -0.4 is 5.32 Å². The normalized spacial score (nSPS) is 10.5. The third kappa shape index (κ3) is 3.23. The van der Waals surface area contributed by atoms with Gasteiger partial charge in [-0.1, -0.05) is 17.7 Å². The molecule has 3 aromatic heterocycles. The summed E-state index contributed by atoms with van der Waals surface area (Å²) in [5.41, 5.74) is 0.447. The number of aromatic nitrogens is 5. The van der Waals surface area contributed by atoms with Crippen molar-refractivity contribution in [2.45, 2.75) is 6.54 Å². The van der Waals surface area contributed by atoms with Crippen molar-refractivity contribution >= 4 is 34.5 Å². The molecule has 21 heavy (non-hydrogen) atoms. The number of carbonyl (C=O) groups excluding carboxylic acids is 1. The predicted molar refractivity (Wildman–Crippen MR) is 79.0 cm³/mol. The smallest absolute Gasteiger partial charge is 0.248 e. The zero-order valence-electron chi connectivity index (χ0n) is 10.6. The first-order valence-electron chi connectivity index (χ1n) is 5.94. The zero-order valence-corrected chi connectivity index (χ0v) is 12.2. The van der Waals surface area contributed by atoms with Crippen molar-refractivity contribution in [1.29, 1.82) is 0 Å². The van der Waals surface area contributed by atoms with E-state index in [2.05, 4.69) is 25.7 Å². The lowest BCUT2D eigenvalue weighted by atomic mass is 10.4. The van der Waals surface area contributed by atoms with Gasteiger partial charge in [-0.25, -0.2) is 4.98 Å². The van der Waals surface area contributed by atoms with Gasteiger partial charge in [0.2, 0.25) is 11.7 Å². The Morgan fingerprint density at radius 2 is 2.29 bits per heavy atom. The number of carbonyl (C=O) groups is 1. The van der Waals surface area contributed by atoms with Gasteiger partial charge in [0.05, 0.1) is 10.6 Å². The summed E-state index contributed by atoms with van der Waals surface area (Å²) in [7, 11) is 0. The number of nitrogens with one attached hydrogen (secondary N) is 1. The number of nitrogens with zero attached hydrogens (tertiary/aromatic N) is 5. The molecular formula is C12H9ClN6OS. The number of anilines is 1. The molecule has 0 saturated carbocycles. The molecule has 3 aromatic rings. The molecule has 0 atom stereocenters. The molecule has 0 aliphatic heterocycles. The second kappa shape index (κ2) is 5.98. The van der Waals surface area contributed by atoms with Crippen molar-refractivity contribution < 1.29 is 4.79 Å². The molecule has 9 heteroatoms. The van der Waals surface area contributed by atoms with Gasteiger partial charge in [-0.3, -0.25) is 4.79 Å². The van der Waals surface area contributed by atoms with E-state index in [-0.39, 0.29) is 17.6 Å².